The van der Waals surface area contributed by atoms with Crippen molar-refractivity contribution in [3.8, 4) is 0 Å². The van der Waals surface area contributed by atoms with Crippen molar-refractivity contribution in [2.45, 2.75) is 60.3 Å². The van der Waals surface area contributed by atoms with E-state index in [9.17, 15) is 0 Å². The van der Waals surface area contributed by atoms with Crippen LogP contribution in [0.2, 0.25) is 0 Å². The van der Waals surface area contributed by atoms with Crippen molar-refractivity contribution in [2.24, 2.45) is 0 Å². The van der Waals surface area contributed by atoms with Crippen molar-refractivity contribution in [3.63, 3.8) is 0 Å². The van der Waals surface area contributed by atoms with Gasteiger partial charge in [-0.3, -0.25) is 0 Å². The highest BCUT2D eigenvalue weighted by atomic mass is 16.2. The largest absolute Gasteiger partial charge is 0.396 e. The van der Waals surface area contributed by atoms with Crippen LogP contribution < -0.4 is 0 Å². The van der Waals surface area contributed by atoms with E-state index in [-0.39, 0.29) is 0 Å². The van der Waals surface area contributed by atoms with E-state index in [0.29, 0.717) is 6.61 Å². The molecule has 0 spiro atoms. The number of aliphatic hydroxyl groups excluding tert-OH is 1. The Balaban J connectivity index is -0.000000142. The van der Waals surface area contributed by atoms with Crippen LogP contribution >= 0.6 is 0 Å². The quantitative estimate of drug-likeness (QED) is 0.657. The molecule has 0 saturated heterocycles. The van der Waals surface area contributed by atoms with Gasteiger partial charge in [-0.05, 0) is 19.3 Å². The molecule has 0 fully saturated rings. The molecule has 13 heavy (non-hydrogen) atoms. The predicted octanol–water partition coefficient (Wildman–Crippen LogP) is 4.17. The molecular weight excluding hydrogens is 160 g/mol. The molecule has 0 aliphatic carbocycles. The summed E-state index contributed by atoms with van der Waals surface area (Å²) in [7, 11) is 0. The second kappa shape index (κ2) is 22.6. The van der Waals surface area contributed by atoms with E-state index in [1.54, 1.807) is 0 Å². The van der Waals surface area contributed by atoms with Gasteiger partial charge in [-0.2, -0.15) is 0 Å². The lowest BCUT2D eigenvalue weighted by molar-refractivity contribution is 0.295. The van der Waals surface area contributed by atoms with E-state index in [0.717, 1.165) is 12.8 Å². The summed E-state index contributed by atoms with van der Waals surface area (Å²) in [5.41, 5.74) is 1.38. The summed E-state index contributed by atoms with van der Waals surface area (Å²) in [5.74, 6) is 0. The van der Waals surface area contributed by atoms with Crippen molar-refractivity contribution >= 4 is 0 Å². The van der Waals surface area contributed by atoms with Crippen molar-refractivity contribution in [1.29, 1.82) is 0 Å². The summed E-state index contributed by atoms with van der Waals surface area (Å²) in [5, 5.41) is 7.88. The summed E-state index contributed by atoms with van der Waals surface area (Å²) < 4.78 is 0. The minimum absolute atomic E-state index is 0.319. The maximum absolute atomic E-state index is 7.88. The SMILES string of the molecule is C=C(CC)CCC.CC.CCCO. The van der Waals surface area contributed by atoms with Crippen LogP contribution in [0.3, 0.4) is 0 Å². The van der Waals surface area contributed by atoms with Gasteiger partial charge in [0.25, 0.3) is 0 Å². The molecule has 1 heteroatoms. The molecule has 0 aromatic carbocycles. The Kier molecular flexibility index (Phi) is 32.1. The van der Waals surface area contributed by atoms with E-state index < -0.39 is 0 Å². The minimum Gasteiger partial charge on any atom is -0.396 e. The number of hydrogen-bond acceptors (Lipinski definition) is 1. The summed E-state index contributed by atoms with van der Waals surface area (Å²) in [6, 6.07) is 0. The summed E-state index contributed by atoms with van der Waals surface area (Å²) in [6.07, 6.45) is 4.47. The number of hydrogen-bond donors (Lipinski definition) is 1. The molecule has 1 nitrogen and oxygen atoms in total. The number of aliphatic hydroxyl groups is 1. The highest BCUT2D eigenvalue weighted by molar-refractivity contribution is 4.91. The van der Waals surface area contributed by atoms with Gasteiger partial charge in [0, 0.05) is 6.61 Å². The Labute approximate surface area is 84.9 Å². The number of rotatable bonds is 4. The van der Waals surface area contributed by atoms with Gasteiger partial charge in [-0.1, -0.05) is 53.2 Å². The highest BCUT2D eigenvalue weighted by Gasteiger charge is 1.83. The van der Waals surface area contributed by atoms with Gasteiger partial charge in [0.15, 0.2) is 0 Å². The Morgan fingerprint density at radius 3 is 1.54 bits per heavy atom. The van der Waals surface area contributed by atoms with E-state index in [1.807, 2.05) is 20.8 Å². The third-order valence-corrected chi connectivity index (χ3v) is 1.33. The fraction of sp³-hybridized carbons (Fsp3) is 0.833. The lowest BCUT2D eigenvalue weighted by atomic mass is 10.1. The molecule has 0 bridgehead atoms. The van der Waals surface area contributed by atoms with Crippen LogP contribution in [0.1, 0.15) is 60.3 Å². The topological polar surface area (TPSA) is 20.2 Å². The third kappa shape index (κ3) is 33.9. The smallest absolute Gasteiger partial charge is 0.0428 e. The maximum Gasteiger partial charge on any atom is 0.0428 e. The molecule has 0 heterocycles. The molecule has 0 rings (SSSR count). The summed E-state index contributed by atoms with van der Waals surface area (Å²) in [4.78, 5) is 0. The van der Waals surface area contributed by atoms with E-state index in [2.05, 4.69) is 20.4 Å². The maximum atomic E-state index is 7.88. The zero-order valence-corrected chi connectivity index (χ0v) is 10.2. The van der Waals surface area contributed by atoms with Crippen molar-refractivity contribution in [1.82, 2.24) is 0 Å². The van der Waals surface area contributed by atoms with Crippen LogP contribution in [0.4, 0.5) is 0 Å². The molecule has 0 aromatic rings. The molecule has 0 aliphatic heterocycles. The van der Waals surface area contributed by atoms with Gasteiger partial charge in [0.05, 0.1) is 0 Å². The molecule has 0 aromatic heterocycles. The fourth-order valence-corrected chi connectivity index (χ4v) is 0.530. The Bertz CT molecular complexity index is 75.2. The van der Waals surface area contributed by atoms with Gasteiger partial charge in [-0.15, -0.1) is 0 Å². The van der Waals surface area contributed by atoms with Crippen LogP contribution in [0.25, 0.3) is 0 Å². The van der Waals surface area contributed by atoms with Gasteiger partial charge < -0.3 is 5.11 Å². The Morgan fingerprint density at radius 2 is 1.46 bits per heavy atom. The highest BCUT2D eigenvalue weighted by Crippen LogP contribution is 2.03. The number of allylic oxidation sites excluding steroid dienone is 1. The summed E-state index contributed by atoms with van der Waals surface area (Å²) >= 11 is 0. The normalized spacial score (nSPS) is 7.54. The fourth-order valence-electron chi connectivity index (χ4n) is 0.530. The first-order valence-electron chi connectivity index (χ1n) is 5.50. The zero-order valence-electron chi connectivity index (χ0n) is 10.2. The van der Waals surface area contributed by atoms with Gasteiger partial charge in [-0.25, -0.2) is 0 Å². The van der Waals surface area contributed by atoms with E-state index >= 15 is 0 Å². The van der Waals surface area contributed by atoms with Crippen molar-refractivity contribution in [3.05, 3.63) is 12.2 Å². The molecule has 82 valence electrons. The van der Waals surface area contributed by atoms with Crippen molar-refractivity contribution in [2.75, 3.05) is 6.61 Å². The van der Waals surface area contributed by atoms with Crippen LogP contribution in [-0.4, -0.2) is 11.7 Å². The van der Waals surface area contributed by atoms with Crippen molar-refractivity contribution < 1.29 is 5.11 Å². The molecule has 1 N–H and O–H groups in total. The molecule has 0 atom stereocenters. The first-order valence-corrected chi connectivity index (χ1v) is 5.50. The van der Waals surface area contributed by atoms with Crippen LogP contribution in [0, 0.1) is 0 Å². The van der Waals surface area contributed by atoms with Gasteiger partial charge >= 0.3 is 0 Å². The molecule has 0 unspecified atom stereocenters. The molecule has 0 radical (unpaired) electrons. The monoisotopic (exact) mass is 188 g/mol. The minimum atomic E-state index is 0.319. The first kappa shape index (κ1) is 18.5. The van der Waals surface area contributed by atoms with Crippen LogP contribution in [-0.2, 0) is 0 Å². The third-order valence-electron chi connectivity index (χ3n) is 1.33. The Hall–Kier alpha value is -0.300. The average molecular weight is 188 g/mol. The first-order chi connectivity index (χ1) is 6.22. The lowest BCUT2D eigenvalue weighted by Gasteiger charge is -1.94. The second-order valence-corrected chi connectivity index (χ2v) is 2.58. The van der Waals surface area contributed by atoms with Gasteiger partial charge in [0.2, 0.25) is 0 Å². The van der Waals surface area contributed by atoms with Crippen LogP contribution in [0.15, 0.2) is 12.2 Å². The lowest BCUT2D eigenvalue weighted by Crippen LogP contribution is -1.73. The molecule has 0 saturated carbocycles. The zero-order chi connectivity index (χ0) is 11.1. The predicted molar refractivity (Wildman–Crippen MR) is 63.1 cm³/mol. The molecular formula is C12H28O. The second-order valence-electron chi connectivity index (χ2n) is 2.58. The Morgan fingerprint density at radius 1 is 1.08 bits per heavy atom. The molecule has 0 amide bonds. The van der Waals surface area contributed by atoms with E-state index in [1.165, 1.54) is 18.4 Å². The molecule has 0 aliphatic rings. The summed E-state index contributed by atoms with van der Waals surface area (Å²) in [6.45, 7) is 14.4. The van der Waals surface area contributed by atoms with E-state index in [4.69, 9.17) is 5.11 Å². The van der Waals surface area contributed by atoms with Gasteiger partial charge in [0.1, 0.15) is 0 Å². The standard InChI is InChI=1S/C7H14.C3H8O.C2H6/c1-4-6-7(3)5-2;1-2-3-4;1-2/h3-6H2,1-2H3;4H,2-3H2,1H3;1-2H3. The van der Waals surface area contributed by atoms with Crippen LogP contribution in [0.5, 0.6) is 0 Å². The average Bonchev–Trinajstić information content (AvgIpc) is 2.21.